The third-order valence-corrected chi connectivity index (χ3v) is 2.62. The predicted octanol–water partition coefficient (Wildman–Crippen LogP) is 3.48. The largest absolute Gasteiger partial charge is 0.230 e. The monoisotopic (exact) mass is 282 g/mol. The average molecular weight is 284 g/mol. The summed E-state index contributed by atoms with van der Waals surface area (Å²) in [7, 11) is 0. The van der Waals surface area contributed by atoms with Gasteiger partial charge in [0.15, 0.2) is 4.73 Å². The first-order valence-electron chi connectivity index (χ1n) is 4.45. The highest BCUT2D eigenvalue weighted by atomic mass is 79.9. The molecule has 0 aliphatic carbocycles. The zero-order chi connectivity index (χ0) is 10.7. The molecule has 0 fully saturated rings. The van der Waals surface area contributed by atoms with Gasteiger partial charge in [-0.2, -0.15) is 0 Å². The molecule has 0 aliphatic rings. The summed E-state index contributed by atoms with van der Waals surface area (Å²) >= 11 is 9.10. The van der Waals surface area contributed by atoms with Crippen molar-refractivity contribution in [1.82, 2.24) is 9.97 Å². The summed E-state index contributed by atoms with van der Waals surface area (Å²) in [5.41, 5.74) is 2.23. The van der Waals surface area contributed by atoms with E-state index in [1.54, 1.807) is 12.4 Å². The van der Waals surface area contributed by atoms with Crippen molar-refractivity contribution in [3.8, 4) is 0 Å². The smallest absolute Gasteiger partial charge is 0.196 e. The molecule has 0 bridgehead atoms. The van der Waals surface area contributed by atoms with Crippen LogP contribution in [0.15, 0.2) is 41.4 Å². The van der Waals surface area contributed by atoms with Crippen LogP contribution in [0.25, 0.3) is 0 Å². The second-order valence-corrected chi connectivity index (χ2v) is 4.31. The van der Waals surface area contributed by atoms with E-state index in [1.165, 1.54) is 0 Å². The van der Waals surface area contributed by atoms with Crippen LogP contribution >= 0.6 is 27.5 Å². The standard InChI is InChI=1S/C11H8BrClN2/c12-11-14-6-9(7-15-11)4-8-2-1-3-10(13)5-8/h1-3,5-7H,4H2. The molecule has 1 heterocycles. The number of halogens is 2. The van der Waals surface area contributed by atoms with Gasteiger partial charge in [0, 0.05) is 23.8 Å². The lowest BCUT2D eigenvalue weighted by Gasteiger charge is -2.01. The van der Waals surface area contributed by atoms with Crippen LogP contribution in [0.1, 0.15) is 11.1 Å². The molecule has 0 amide bonds. The molecule has 2 rings (SSSR count). The van der Waals surface area contributed by atoms with Crippen molar-refractivity contribution >= 4 is 27.5 Å². The molecule has 4 heteroatoms. The highest BCUT2D eigenvalue weighted by molar-refractivity contribution is 9.10. The minimum Gasteiger partial charge on any atom is -0.230 e. The molecule has 0 atom stereocenters. The fraction of sp³-hybridized carbons (Fsp3) is 0.0909. The van der Waals surface area contributed by atoms with Crippen molar-refractivity contribution < 1.29 is 0 Å². The van der Waals surface area contributed by atoms with Gasteiger partial charge >= 0.3 is 0 Å². The van der Waals surface area contributed by atoms with Crippen LogP contribution in [0.3, 0.4) is 0 Å². The topological polar surface area (TPSA) is 25.8 Å². The molecular formula is C11H8BrClN2. The summed E-state index contributed by atoms with van der Waals surface area (Å²) in [6, 6.07) is 7.79. The quantitative estimate of drug-likeness (QED) is 0.789. The third-order valence-electron chi connectivity index (χ3n) is 1.97. The predicted molar refractivity (Wildman–Crippen MR) is 64.0 cm³/mol. The highest BCUT2D eigenvalue weighted by Gasteiger charge is 1.98. The molecule has 0 spiro atoms. The number of hydrogen-bond acceptors (Lipinski definition) is 2. The van der Waals surface area contributed by atoms with Gasteiger partial charge in [0.1, 0.15) is 0 Å². The number of aromatic nitrogens is 2. The van der Waals surface area contributed by atoms with Crippen molar-refractivity contribution in [3.63, 3.8) is 0 Å². The average Bonchev–Trinajstić information content (AvgIpc) is 2.22. The van der Waals surface area contributed by atoms with Gasteiger partial charge in [-0.1, -0.05) is 23.7 Å². The van der Waals surface area contributed by atoms with Crippen LogP contribution < -0.4 is 0 Å². The van der Waals surface area contributed by atoms with Crippen LogP contribution in [0.5, 0.6) is 0 Å². The number of rotatable bonds is 2. The van der Waals surface area contributed by atoms with Crippen LogP contribution in [-0.4, -0.2) is 9.97 Å². The summed E-state index contributed by atoms with van der Waals surface area (Å²) < 4.78 is 0.609. The minimum absolute atomic E-state index is 0.609. The van der Waals surface area contributed by atoms with Gasteiger partial charge in [0.25, 0.3) is 0 Å². The van der Waals surface area contributed by atoms with Crippen LogP contribution in [0.2, 0.25) is 5.02 Å². The fourth-order valence-corrected chi connectivity index (χ4v) is 1.73. The zero-order valence-corrected chi connectivity index (χ0v) is 10.2. The van der Waals surface area contributed by atoms with E-state index in [0.29, 0.717) is 4.73 Å². The van der Waals surface area contributed by atoms with E-state index in [2.05, 4.69) is 25.9 Å². The Balaban J connectivity index is 2.18. The van der Waals surface area contributed by atoms with Gasteiger partial charge in [0.05, 0.1) is 0 Å². The maximum Gasteiger partial charge on any atom is 0.196 e. The molecule has 0 saturated heterocycles. The molecule has 0 unspecified atom stereocenters. The summed E-state index contributed by atoms with van der Waals surface area (Å²) in [5.74, 6) is 0. The van der Waals surface area contributed by atoms with Crippen LogP contribution in [-0.2, 0) is 6.42 Å². The van der Waals surface area contributed by atoms with Crippen LogP contribution in [0.4, 0.5) is 0 Å². The lowest BCUT2D eigenvalue weighted by atomic mass is 10.1. The van der Waals surface area contributed by atoms with Gasteiger partial charge in [-0.15, -0.1) is 0 Å². The number of nitrogens with zero attached hydrogens (tertiary/aromatic N) is 2. The van der Waals surface area contributed by atoms with E-state index in [1.807, 2.05) is 24.3 Å². The van der Waals surface area contributed by atoms with E-state index in [0.717, 1.165) is 22.6 Å². The van der Waals surface area contributed by atoms with Crippen molar-refractivity contribution in [3.05, 3.63) is 57.5 Å². The normalized spacial score (nSPS) is 10.3. The minimum atomic E-state index is 0.609. The van der Waals surface area contributed by atoms with Crippen molar-refractivity contribution in [1.29, 1.82) is 0 Å². The Morgan fingerprint density at radius 1 is 1.13 bits per heavy atom. The van der Waals surface area contributed by atoms with Gasteiger partial charge in [-0.25, -0.2) is 9.97 Å². The van der Waals surface area contributed by atoms with Crippen molar-refractivity contribution in [2.45, 2.75) is 6.42 Å². The first-order chi connectivity index (χ1) is 7.24. The Kier molecular flexibility index (Phi) is 3.34. The SMILES string of the molecule is Clc1cccc(Cc2cnc(Br)nc2)c1. The molecule has 1 aromatic heterocycles. The zero-order valence-electron chi connectivity index (χ0n) is 7.82. The maximum absolute atomic E-state index is 5.90. The molecule has 15 heavy (non-hydrogen) atoms. The molecule has 0 N–H and O–H groups in total. The number of benzene rings is 1. The van der Waals surface area contributed by atoms with Crippen molar-refractivity contribution in [2.24, 2.45) is 0 Å². The van der Waals surface area contributed by atoms with Gasteiger partial charge in [0.2, 0.25) is 0 Å². The second kappa shape index (κ2) is 4.73. The summed E-state index contributed by atoms with van der Waals surface area (Å²) in [4.78, 5) is 8.14. The summed E-state index contributed by atoms with van der Waals surface area (Å²) in [6.45, 7) is 0. The van der Waals surface area contributed by atoms with Crippen LogP contribution in [0, 0.1) is 0 Å². The Labute approximate surface area is 101 Å². The van der Waals surface area contributed by atoms with Gasteiger partial charge in [-0.3, -0.25) is 0 Å². The molecule has 1 aromatic carbocycles. The summed E-state index contributed by atoms with van der Waals surface area (Å²) in [5, 5.41) is 0.755. The van der Waals surface area contributed by atoms with Gasteiger partial charge < -0.3 is 0 Å². The highest BCUT2D eigenvalue weighted by Crippen LogP contribution is 2.14. The first-order valence-corrected chi connectivity index (χ1v) is 5.62. The molecule has 2 nitrogen and oxygen atoms in total. The lowest BCUT2D eigenvalue weighted by Crippen LogP contribution is -1.91. The molecule has 0 radical (unpaired) electrons. The second-order valence-electron chi connectivity index (χ2n) is 3.17. The van der Waals surface area contributed by atoms with Gasteiger partial charge in [-0.05, 0) is 39.2 Å². The van der Waals surface area contributed by atoms with E-state index < -0.39 is 0 Å². The Hall–Kier alpha value is -0.930. The number of hydrogen-bond donors (Lipinski definition) is 0. The molecule has 76 valence electrons. The van der Waals surface area contributed by atoms with E-state index in [4.69, 9.17) is 11.6 Å². The third kappa shape index (κ3) is 3.01. The molecular weight excluding hydrogens is 275 g/mol. The molecule has 0 aliphatic heterocycles. The van der Waals surface area contributed by atoms with E-state index in [-0.39, 0.29) is 0 Å². The van der Waals surface area contributed by atoms with E-state index in [9.17, 15) is 0 Å². The lowest BCUT2D eigenvalue weighted by molar-refractivity contribution is 1.04. The fourth-order valence-electron chi connectivity index (χ4n) is 1.31. The Bertz CT molecular complexity index is 456. The van der Waals surface area contributed by atoms with Crippen molar-refractivity contribution in [2.75, 3.05) is 0 Å². The van der Waals surface area contributed by atoms with E-state index >= 15 is 0 Å². The first kappa shape index (κ1) is 10.6. The maximum atomic E-state index is 5.90. The molecule has 0 saturated carbocycles. The summed E-state index contributed by atoms with van der Waals surface area (Å²) in [6.07, 6.45) is 4.41. The molecule has 2 aromatic rings. The Morgan fingerprint density at radius 3 is 2.53 bits per heavy atom. The Morgan fingerprint density at radius 2 is 1.87 bits per heavy atom.